The molecule has 0 N–H and O–H groups in total. The van der Waals surface area contributed by atoms with Crippen molar-refractivity contribution in [3.63, 3.8) is 0 Å². The number of allylic oxidation sites excluding steroid dienone is 2. The molecule has 2 aliphatic carbocycles. The lowest BCUT2D eigenvalue weighted by molar-refractivity contribution is -0.140. The molecule has 2 amide bonds. The van der Waals surface area contributed by atoms with Gasteiger partial charge >= 0.3 is 0 Å². The van der Waals surface area contributed by atoms with Crippen LogP contribution in [0.15, 0.2) is 71.9 Å². The molecule has 0 radical (unpaired) electrons. The second-order valence-electron chi connectivity index (χ2n) is 9.80. The summed E-state index contributed by atoms with van der Waals surface area (Å²) in [6.45, 7) is 4.35. The van der Waals surface area contributed by atoms with Gasteiger partial charge in [0.05, 0.1) is 18.1 Å². The molecule has 4 atom stereocenters. The first kappa shape index (κ1) is 22.5. The van der Waals surface area contributed by atoms with Gasteiger partial charge in [0.25, 0.3) is 11.8 Å². The van der Waals surface area contributed by atoms with E-state index in [0.29, 0.717) is 12.4 Å². The van der Waals surface area contributed by atoms with E-state index in [0.717, 1.165) is 39.6 Å². The minimum absolute atomic E-state index is 0.171. The summed E-state index contributed by atoms with van der Waals surface area (Å²) in [5.74, 6) is -0.0653. The number of benzene rings is 2. The molecule has 2 heterocycles. The third-order valence-corrected chi connectivity index (χ3v) is 7.64. The topological polar surface area (TPSA) is 63.9 Å². The van der Waals surface area contributed by atoms with E-state index in [1.165, 1.54) is 12.1 Å². The molecule has 2 fully saturated rings. The number of rotatable bonds is 6. The molecular formula is C29H26FN3O3. The van der Waals surface area contributed by atoms with Crippen LogP contribution < -0.4 is 4.74 Å². The number of imide groups is 1. The fourth-order valence-electron chi connectivity index (χ4n) is 5.87. The standard InChI is InChI=1S/C29H26FN3O3/c1-17-13-22(15-31-33-28(34)26-20-5-6-21(14-20)27(26)29(33)35)18(2)32(17)24-9-11-25(12-10-24)36-16-19-3-7-23(30)8-4-19/h3-13,15,20-21,26-27H,14,16H2,1-2H3. The Morgan fingerprint density at radius 2 is 1.61 bits per heavy atom. The number of fused-ring (bicyclic) bond motifs is 5. The molecule has 1 saturated heterocycles. The zero-order valence-corrected chi connectivity index (χ0v) is 20.1. The van der Waals surface area contributed by atoms with E-state index in [9.17, 15) is 14.0 Å². The maximum Gasteiger partial charge on any atom is 0.254 e. The monoisotopic (exact) mass is 483 g/mol. The number of hydrogen-bond donors (Lipinski definition) is 0. The molecule has 0 spiro atoms. The summed E-state index contributed by atoms with van der Waals surface area (Å²) >= 11 is 0. The van der Waals surface area contributed by atoms with Crippen molar-refractivity contribution >= 4 is 18.0 Å². The molecule has 3 aliphatic rings. The number of hydrazone groups is 1. The maximum absolute atomic E-state index is 13.1. The Balaban J connectivity index is 1.17. The molecular weight excluding hydrogens is 457 g/mol. The Morgan fingerprint density at radius 3 is 2.25 bits per heavy atom. The Labute approximate surface area is 208 Å². The van der Waals surface area contributed by atoms with Crippen molar-refractivity contribution in [1.29, 1.82) is 0 Å². The van der Waals surface area contributed by atoms with Gasteiger partial charge in [0.15, 0.2) is 0 Å². The Bertz CT molecular complexity index is 1370. The smallest absolute Gasteiger partial charge is 0.254 e. The highest BCUT2D eigenvalue weighted by molar-refractivity contribution is 6.06. The van der Waals surface area contributed by atoms with Crippen LogP contribution in [-0.4, -0.2) is 27.6 Å². The summed E-state index contributed by atoms with van der Waals surface area (Å²) < 4.78 is 21.0. The lowest BCUT2D eigenvalue weighted by Crippen LogP contribution is -2.28. The number of hydrogen-bond acceptors (Lipinski definition) is 4. The Morgan fingerprint density at radius 1 is 0.972 bits per heavy atom. The quantitative estimate of drug-likeness (QED) is 0.283. The number of carbonyl (C=O) groups is 2. The van der Waals surface area contributed by atoms with Gasteiger partial charge in [0, 0.05) is 22.6 Å². The van der Waals surface area contributed by atoms with Crippen molar-refractivity contribution < 1.29 is 18.7 Å². The lowest BCUT2D eigenvalue weighted by atomic mass is 9.85. The van der Waals surface area contributed by atoms with E-state index in [1.54, 1.807) is 18.3 Å². The van der Waals surface area contributed by atoms with Crippen LogP contribution in [0.5, 0.6) is 5.75 Å². The minimum atomic E-state index is -0.268. The van der Waals surface area contributed by atoms with Gasteiger partial charge in [-0.2, -0.15) is 10.1 Å². The highest BCUT2D eigenvalue weighted by Crippen LogP contribution is 2.52. The van der Waals surface area contributed by atoms with E-state index in [-0.39, 0.29) is 41.3 Å². The summed E-state index contributed by atoms with van der Waals surface area (Å²) in [6, 6.07) is 16.0. The molecule has 4 unspecified atom stereocenters. The van der Waals surface area contributed by atoms with Crippen LogP contribution in [0.2, 0.25) is 0 Å². The molecule has 2 bridgehead atoms. The molecule has 1 saturated carbocycles. The highest BCUT2D eigenvalue weighted by Gasteiger charge is 2.59. The van der Waals surface area contributed by atoms with Crippen molar-refractivity contribution in [1.82, 2.24) is 9.58 Å². The summed E-state index contributed by atoms with van der Waals surface area (Å²) in [7, 11) is 0. The molecule has 182 valence electrons. The first-order chi connectivity index (χ1) is 17.4. The first-order valence-electron chi connectivity index (χ1n) is 12.2. The molecule has 7 heteroatoms. The van der Waals surface area contributed by atoms with Crippen molar-refractivity contribution in [2.75, 3.05) is 0 Å². The van der Waals surface area contributed by atoms with Crippen molar-refractivity contribution in [2.45, 2.75) is 26.9 Å². The third-order valence-electron chi connectivity index (χ3n) is 7.64. The van der Waals surface area contributed by atoms with Crippen LogP contribution in [0.3, 0.4) is 0 Å². The summed E-state index contributed by atoms with van der Waals surface area (Å²) in [5, 5.41) is 5.43. The third kappa shape index (κ3) is 3.66. The normalized spacial score (nSPS) is 24.4. The van der Waals surface area contributed by atoms with Gasteiger partial charge in [-0.1, -0.05) is 24.3 Å². The fraction of sp³-hybridized carbons (Fsp3) is 0.276. The van der Waals surface area contributed by atoms with Crippen LogP contribution in [0.4, 0.5) is 4.39 Å². The number of aryl methyl sites for hydroxylation is 1. The number of nitrogens with zero attached hydrogens (tertiary/aromatic N) is 3. The van der Waals surface area contributed by atoms with E-state index in [2.05, 4.69) is 21.8 Å². The van der Waals surface area contributed by atoms with Gasteiger partial charge < -0.3 is 9.30 Å². The zero-order chi connectivity index (χ0) is 25.0. The maximum atomic E-state index is 13.1. The number of amides is 2. The van der Waals surface area contributed by atoms with Gasteiger partial charge in [-0.25, -0.2) is 4.39 Å². The molecule has 6 rings (SSSR count). The van der Waals surface area contributed by atoms with Gasteiger partial charge in [0.2, 0.25) is 0 Å². The van der Waals surface area contributed by atoms with Crippen LogP contribution in [0, 0.1) is 43.3 Å². The second kappa shape index (κ2) is 8.59. The molecule has 3 aromatic rings. The largest absolute Gasteiger partial charge is 0.489 e. The first-order valence-corrected chi connectivity index (χ1v) is 12.2. The molecule has 6 nitrogen and oxygen atoms in total. The number of carbonyl (C=O) groups excluding carboxylic acids is 2. The number of halogens is 1. The number of aromatic nitrogens is 1. The highest BCUT2D eigenvalue weighted by atomic mass is 19.1. The molecule has 1 aromatic heterocycles. The summed E-state index contributed by atoms with van der Waals surface area (Å²) in [6.07, 6.45) is 6.68. The summed E-state index contributed by atoms with van der Waals surface area (Å²) in [4.78, 5) is 25.8. The van der Waals surface area contributed by atoms with Crippen molar-refractivity contribution in [3.8, 4) is 11.4 Å². The van der Waals surface area contributed by atoms with Gasteiger partial charge in [-0.05, 0) is 80.1 Å². The van der Waals surface area contributed by atoms with E-state index in [1.807, 2.05) is 44.2 Å². The van der Waals surface area contributed by atoms with E-state index in [4.69, 9.17) is 4.74 Å². The molecule has 36 heavy (non-hydrogen) atoms. The summed E-state index contributed by atoms with van der Waals surface area (Å²) in [5.41, 5.74) is 4.67. The fourth-order valence-corrected chi connectivity index (χ4v) is 5.87. The van der Waals surface area contributed by atoms with Gasteiger partial charge in [0.1, 0.15) is 18.2 Å². The number of ether oxygens (including phenoxy) is 1. The van der Waals surface area contributed by atoms with Crippen LogP contribution >= 0.6 is 0 Å². The average molecular weight is 484 g/mol. The Kier molecular flexibility index (Phi) is 5.36. The minimum Gasteiger partial charge on any atom is -0.489 e. The lowest BCUT2D eigenvalue weighted by Gasteiger charge is -2.13. The zero-order valence-electron chi connectivity index (χ0n) is 20.1. The van der Waals surface area contributed by atoms with Crippen molar-refractivity contribution in [2.24, 2.45) is 28.8 Å². The predicted octanol–water partition coefficient (Wildman–Crippen LogP) is 4.95. The van der Waals surface area contributed by atoms with Crippen LogP contribution in [-0.2, 0) is 16.2 Å². The average Bonchev–Trinajstić information content (AvgIpc) is 3.62. The second-order valence-corrected chi connectivity index (χ2v) is 9.80. The SMILES string of the molecule is Cc1cc(C=NN2C(=O)C3C4C=CC(C4)C3C2=O)c(C)n1-c1ccc(OCc2ccc(F)cc2)cc1. The van der Waals surface area contributed by atoms with E-state index >= 15 is 0 Å². The molecule has 2 aromatic carbocycles. The molecule has 1 aliphatic heterocycles. The van der Waals surface area contributed by atoms with E-state index < -0.39 is 0 Å². The predicted molar refractivity (Wildman–Crippen MR) is 133 cm³/mol. The van der Waals surface area contributed by atoms with Crippen LogP contribution in [0.1, 0.15) is 28.9 Å². The Hall–Kier alpha value is -4.00. The van der Waals surface area contributed by atoms with Gasteiger partial charge in [-0.15, -0.1) is 0 Å². The van der Waals surface area contributed by atoms with Gasteiger partial charge in [-0.3, -0.25) is 9.59 Å². The van der Waals surface area contributed by atoms with Crippen molar-refractivity contribution in [3.05, 3.63) is 95.1 Å². The van der Waals surface area contributed by atoms with Crippen LogP contribution in [0.25, 0.3) is 5.69 Å².